The van der Waals surface area contributed by atoms with Gasteiger partial charge in [-0.3, -0.25) is 4.79 Å². The van der Waals surface area contributed by atoms with Gasteiger partial charge in [-0.2, -0.15) is 0 Å². The summed E-state index contributed by atoms with van der Waals surface area (Å²) >= 11 is 0. The number of carboxylic acids is 1. The van der Waals surface area contributed by atoms with Gasteiger partial charge < -0.3 is 21.1 Å². The lowest BCUT2D eigenvalue weighted by molar-refractivity contribution is -0.143. The first-order valence-electron chi connectivity index (χ1n) is 6.21. The molecule has 1 aliphatic heterocycles. The first-order valence-corrected chi connectivity index (χ1v) is 6.21. The fourth-order valence-corrected chi connectivity index (χ4v) is 2.17. The standard InChI is InChI=1S/C13H17N3O3/c14-10-5-1-2-6-11(10)15-13(19)16-7-3-4-9(8-16)12(17)18/h1-2,5-6,9H,3-4,7-8,14H2,(H,15,19)(H,17,18)/t9-/m1/s1. The lowest BCUT2D eigenvalue weighted by atomic mass is 9.99. The maximum atomic E-state index is 12.1. The van der Waals surface area contributed by atoms with Crippen LogP contribution < -0.4 is 11.1 Å². The monoisotopic (exact) mass is 263 g/mol. The molecule has 2 amide bonds. The second-order valence-electron chi connectivity index (χ2n) is 4.64. The molecule has 0 aliphatic carbocycles. The van der Waals surface area contributed by atoms with Gasteiger partial charge in [-0.15, -0.1) is 0 Å². The van der Waals surface area contributed by atoms with E-state index in [1.165, 1.54) is 4.90 Å². The molecule has 0 aromatic heterocycles. The van der Waals surface area contributed by atoms with Crippen molar-refractivity contribution in [3.63, 3.8) is 0 Å². The highest BCUT2D eigenvalue weighted by molar-refractivity contribution is 5.92. The summed E-state index contributed by atoms with van der Waals surface area (Å²) in [5.41, 5.74) is 6.78. The number of benzene rings is 1. The van der Waals surface area contributed by atoms with Gasteiger partial charge in [0.25, 0.3) is 0 Å². The highest BCUT2D eigenvalue weighted by Crippen LogP contribution is 2.20. The molecule has 4 N–H and O–H groups in total. The van der Waals surface area contributed by atoms with Gasteiger partial charge in [-0.1, -0.05) is 12.1 Å². The molecule has 1 aliphatic rings. The Morgan fingerprint density at radius 2 is 2.11 bits per heavy atom. The predicted octanol–water partition coefficient (Wildman–Crippen LogP) is 1.60. The topological polar surface area (TPSA) is 95.7 Å². The van der Waals surface area contributed by atoms with E-state index >= 15 is 0 Å². The molecule has 6 nitrogen and oxygen atoms in total. The molecule has 1 fully saturated rings. The molecule has 0 spiro atoms. The van der Waals surface area contributed by atoms with Crippen molar-refractivity contribution in [3.05, 3.63) is 24.3 Å². The molecule has 0 radical (unpaired) electrons. The van der Waals surface area contributed by atoms with Crippen molar-refractivity contribution in [1.29, 1.82) is 0 Å². The van der Waals surface area contributed by atoms with E-state index in [1.807, 2.05) is 0 Å². The molecule has 0 bridgehead atoms. The highest BCUT2D eigenvalue weighted by atomic mass is 16.4. The van der Waals surface area contributed by atoms with Gasteiger partial charge in [-0.25, -0.2) is 4.79 Å². The summed E-state index contributed by atoms with van der Waals surface area (Å²) < 4.78 is 0. The molecule has 0 unspecified atom stereocenters. The second-order valence-corrected chi connectivity index (χ2v) is 4.64. The van der Waals surface area contributed by atoms with E-state index in [2.05, 4.69) is 5.32 Å². The number of hydrogen-bond donors (Lipinski definition) is 3. The molecule has 102 valence electrons. The van der Waals surface area contributed by atoms with E-state index in [0.29, 0.717) is 30.8 Å². The van der Waals surface area contributed by atoms with E-state index in [-0.39, 0.29) is 12.6 Å². The molecule has 1 aromatic carbocycles. The number of hydrogen-bond acceptors (Lipinski definition) is 3. The zero-order chi connectivity index (χ0) is 13.8. The van der Waals surface area contributed by atoms with Crippen LogP contribution in [0.25, 0.3) is 0 Å². The summed E-state index contributed by atoms with van der Waals surface area (Å²) in [5.74, 6) is -1.33. The number of rotatable bonds is 2. The Bertz CT molecular complexity index is 490. The number of nitrogens with zero attached hydrogens (tertiary/aromatic N) is 1. The molecule has 1 atom stereocenters. The smallest absolute Gasteiger partial charge is 0.321 e. The maximum Gasteiger partial charge on any atom is 0.321 e. The van der Waals surface area contributed by atoms with Gasteiger partial charge in [0.05, 0.1) is 17.3 Å². The molecule has 0 saturated carbocycles. The van der Waals surface area contributed by atoms with Crippen molar-refractivity contribution in [2.24, 2.45) is 5.92 Å². The van der Waals surface area contributed by atoms with Gasteiger partial charge in [-0.05, 0) is 25.0 Å². The Kier molecular flexibility index (Phi) is 3.89. The maximum absolute atomic E-state index is 12.1. The number of para-hydroxylation sites is 2. The van der Waals surface area contributed by atoms with Crippen LogP contribution in [0.15, 0.2) is 24.3 Å². The largest absolute Gasteiger partial charge is 0.481 e. The van der Waals surface area contributed by atoms with Crippen LogP contribution in [0, 0.1) is 5.92 Å². The summed E-state index contributed by atoms with van der Waals surface area (Å²) in [6.45, 7) is 0.816. The number of urea groups is 1. The third-order valence-corrected chi connectivity index (χ3v) is 3.26. The Labute approximate surface area is 111 Å². The quantitative estimate of drug-likeness (QED) is 0.706. The first-order chi connectivity index (χ1) is 9.08. The fraction of sp³-hybridized carbons (Fsp3) is 0.385. The minimum atomic E-state index is -0.850. The first kappa shape index (κ1) is 13.2. The zero-order valence-corrected chi connectivity index (χ0v) is 10.5. The number of piperidine rings is 1. The van der Waals surface area contributed by atoms with Crippen molar-refractivity contribution in [1.82, 2.24) is 4.90 Å². The molecular weight excluding hydrogens is 246 g/mol. The van der Waals surface area contributed by atoms with E-state index in [4.69, 9.17) is 10.8 Å². The van der Waals surface area contributed by atoms with Crippen LogP contribution in [-0.4, -0.2) is 35.1 Å². The number of carbonyl (C=O) groups excluding carboxylic acids is 1. The minimum absolute atomic E-state index is 0.244. The van der Waals surface area contributed by atoms with Gasteiger partial charge in [0, 0.05) is 13.1 Å². The number of nitrogens with one attached hydrogen (secondary N) is 1. The zero-order valence-electron chi connectivity index (χ0n) is 10.5. The number of amides is 2. The van der Waals surface area contributed by atoms with Crippen molar-refractivity contribution >= 4 is 23.4 Å². The second kappa shape index (κ2) is 5.60. The Morgan fingerprint density at radius 3 is 2.79 bits per heavy atom. The van der Waals surface area contributed by atoms with Crippen LogP contribution >= 0.6 is 0 Å². The van der Waals surface area contributed by atoms with E-state index < -0.39 is 11.9 Å². The fourth-order valence-electron chi connectivity index (χ4n) is 2.17. The summed E-state index contributed by atoms with van der Waals surface area (Å²) in [4.78, 5) is 24.5. The number of carbonyl (C=O) groups is 2. The van der Waals surface area contributed by atoms with Crippen molar-refractivity contribution in [2.75, 3.05) is 24.1 Å². The van der Waals surface area contributed by atoms with Crippen molar-refractivity contribution in [3.8, 4) is 0 Å². The number of nitrogen functional groups attached to an aromatic ring is 1. The Morgan fingerprint density at radius 1 is 1.37 bits per heavy atom. The van der Waals surface area contributed by atoms with E-state index in [0.717, 1.165) is 0 Å². The number of nitrogens with two attached hydrogens (primary N) is 1. The van der Waals surface area contributed by atoms with E-state index in [1.54, 1.807) is 24.3 Å². The lowest BCUT2D eigenvalue weighted by Crippen LogP contribution is -2.44. The number of likely N-dealkylation sites (tertiary alicyclic amines) is 1. The van der Waals surface area contributed by atoms with Crippen LogP contribution in [-0.2, 0) is 4.79 Å². The van der Waals surface area contributed by atoms with Gasteiger partial charge >= 0.3 is 12.0 Å². The SMILES string of the molecule is Nc1ccccc1NC(=O)N1CCC[C@@H](C(=O)O)C1. The van der Waals surface area contributed by atoms with Crippen molar-refractivity contribution < 1.29 is 14.7 Å². The Balaban J connectivity index is 2.00. The van der Waals surface area contributed by atoms with Crippen LogP contribution in [0.4, 0.5) is 16.2 Å². The van der Waals surface area contributed by atoms with Crippen LogP contribution in [0.5, 0.6) is 0 Å². The summed E-state index contributed by atoms with van der Waals surface area (Å²) in [5, 5.41) is 11.7. The molecule has 1 aromatic rings. The summed E-state index contributed by atoms with van der Waals surface area (Å²) in [6.07, 6.45) is 1.32. The van der Waals surface area contributed by atoms with Crippen LogP contribution in [0.1, 0.15) is 12.8 Å². The molecule has 6 heteroatoms. The van der Waals surface area contributed by atoms with Gasteiger partial charge in [0.15, 0.2) is 0 Å². The molecular formula is C13H17N3O3. The van der Waals surface area contributed by atoms with E-state index in [9.17, 15) is 9.59 Å². The number of aliphatic carboxylic acids is 1. The highest BCUT2D eigenvalue weighted by Gasteiger charge is 2.28. The average molecular weight is 263 g/mol. The Hall–Kier alpha value is -2.24. The molecule has 1 saturated heterocycles. The number of carboxylic acid groups (broad SMARTS) is 1. The molecule has 19 heavy (non-hydrogen) atoms. The molecule has 2 rings (SSSR count). The van der Waals surface area contributed by atoms with Crippen molar-refractivity contribution in [2.45, 2.75) is 12.8 Å². The average Bonchev–Trinajstić information content (AvgIpc) is 2.41. The van der Waals surface area contributed by atoms with Crippen LogP contribution in [0.2, 0.25) is 0 Å². The normalized spacial score (nSPS) is 18.9. The van der Waals surface area contributed by atoms with Gasteiger partial charge in [0.1, 0.15) is 0 Å². The summed E-state index contributed by atoms with van der Waals surface area (Å²) in [7, 11) is 0. The summed E-state index contributed by atoms with van der Waals surface area (Å²) in [6, 6.07) is 6.68. The third kappa shape index (κ3) is 3.15. The number of anilines is 2. The van der Waals surface area contributed by atoms with Crippen LogP contribution in [0.3, 0.4) is 0 Å². The lowest BCUT2D eigenvalue weighted by Gasteiger charge is -2.30. The minimum Gasteiger partial charge on any atom is -0.481 e. The third-order valence-electron chi connectivity index (χ3n) is 3.26. The molecule has 1 heterocycles. The predicted molar refractivity (Wildman–Crippen MR) is 71.8 cm³/mol. The van der Waals surface area contributed by atoms with Gasteiger partial charge in [0.2, 0.25) is 0 Å².